The van der Waals surface area contributed by atoms with Gasteiger partial charge in [0.1, 0.15) is 0 Å². The summed E-state index contributed by atoms with van der Waals surface area (Å²) in [6.45, 7) is 2.40. The number of hydrogen-bond donors (Lipinski definition) is 1. The molecule has 0 amide bonds. The SMILES string of the molecule is COCc1sc(Nc2ccc(S(C)(=O)=O)cc2)nc1-c1ccnc(C)c1. The number of methoxy groups -OCH3 is 1. The third-order valence-corrected chi connectivity index (χ3v) is 5.75. The Balaban J connectivity index is 1.90. The lowest BCUT2D eigenvalue weighted by atomic mass is 10.1. The highest BCUT2D eigenvalue weighted by Crippen LogP contribution is 2.33. The second kappa shape index (κ2) is 7.53. The Kier molecular flexibility index (Phi) is 5.36. The van der Waals surface area contributed by atoms with Crippen LogP contribution in [0.5, 0.6) is 0 Å². The van der Waals surface area contributed by atoms with E-state index in [4.69, 9.17) is 4.74 Å². The smallest absolute Gasteiger partial charge is 0.188 e. The molecule has 2 aromatic heterocycles. The second-order valence-electron chi connectivity index (χ2n) is 5.83. The minimum absolute atomic E-state index is 0.287. The van der Waals surface area contributed by atoms with E-state index in [0.717, 1.165) is 27.5 Å². The molecule has 0 unspecified atom stereocenters. The molecule has 6 nitrogen and oxygen atoms in total. The number of aryl methyl sites for hydroxylation is 1. The van der Waals surface area contributed by atoms with Crippen molar-refractivity contribution in [3.8, 4) is 11.3 Å². The Morgan fingerprint density at radius 2 is 1.92 bits per heavy atom. The molecule has 0 saturated carbocycles. The lowest BCUT2D eigenvalue weighted by Gasteiger charge is -2.04. The Morgan fingerprint density at radius 1 is 1.19 bits per heavy atom. The summed E-state index contributed by atoms with van der Waals surface area (Å²) in [6, 6.07) is 10.5. The maximum atomic E-state index is 11.6. The minimum Gasteiger partial charge on any atom is -0.379 e. The number of anilines is 2. The second-order valence-corrected chi connectivity index (χ2v) is 8.93. The van der Waals surface area contributed by atoms with Gasteiger partial charge in [0.2, 0.25) is 0 Å². The molecule has 0 spiro atoms. The molecule has 3 rings (SSSR count). The van der Waals surface area contributed by atoms with E-state index in [1.165, 1.54) is 17.6 Å². The lowest BCUT2D eigenvalue weighted by molar-refractivity contribution is 0.188. The fraction of sp³-hybridized carbons (Fsp3) is 0.222. The molecule has 2 heterocycles. The van der Waals surface area contributed by atoms with Crippen LogP contribution in [0, 0.1) is 6.92 Å². The molecule has 0 fully saturated rings. The van der Waals surface area contributed by atoms with Crippen LogP contribution in [0.1, 0.15) is 10.6 Å². The zero-order valence-corrected chi connectivity index (χ0v) is 16.3. The molecule has 1 aromatic carbocycles. The molecule has 1 N–H and O–H groups in total. The number of rotatable bonds is 6. The minimum atomic E-state index is -3.21. The van der Waals surface area contributed by atoms with Crippen molar-refractivity contribution in [2.45, 2.75) is 18.4 Å². The maximum Gasteiger partial charge on any atom is 0.188 e. The summed E-state index contributed by atoms with van der Waals surface area (Å²) in [5, 5.41) is 3.94. The Hall–Kier alpha value is -2.29. The summed E-state index contributed by atoms with van der Waals surface area (Å²) >= 11 is 1.50. The monoisotopic (exact) mass is 389 g/mol. The first-order chi connectivity index (χ1) is 12.4. The highest BCUT2D eigenvalue weighted by molar-refractivity contribution is 7.90. The van der Waals surface area contributed by atoms with Crippen LogP contribution >= 0.6 is 11.3 Å². The Morgan fingerprint density at radius 3 is 2.54 bits per heavy atom. The molecule has 136 valence electrons. The number of hydrogen-bond acceptors (Lipinski definition) is 7. The van der Waals surface area contributed by atoms with Crippen molar-refractivity contribution in [1.29, 1.82) is 0 Å². The largest absolute Gasteiger partial charge is 0.379 e. The molecule has 3 aromatic rings. The third kappa shape index (κ3) is 4.27. The molecule has 8 heteroatoms. The highest BCUT2D eigenvalue weighted by atomic mass is 32.2. The van der Waals surface area contributed by atoms with Crippen LogP contribution in [0.2, 0.25) is 0 Å². The van der Waals surface area contributed by atoms with Crippen LogP contribution in [0.3, 0.4) is 0 Å². The summed E-state index contributed by atoms with van der Waals surface area (Å²) in [4.78, 5) is 10.2. The van der Waals surface area contributed by atoms with Crippen molar-refractivity contribution in [1.82, 2.24) is 9.97 Å². The molecule has 0 saturated heterocycles. The van der Waals surface area contributed by atoms with Crippen molar-refractivity contribution >= 4 is 32.0 Å². The van der Waals surface area contributed by atoms with E-state index in [9.17, 15) is 8.42 Å². The number of nitrogens with zero attached hydrogens (tertiary/aromatic N) is 2. The van der Waals surface area contributed by atoms with Crippen LogP contribution in [-0.4, -0.2) is 31.8 Å². The number of thiazole rings is 1. The predicted molar refractivity (Wildman–Crippen MR) is 104 cm³/mol. The highest BCUT2D eigenvalue weighted by Gasteiger charge is 2.14. The molecular weight excluding hydrogens is 370 g/mol. The van der Waals surface area contributed by atoms with Crippen molar-refractivity contribution in [3.63, 3.8) is 0 Å². The van der Waals surface area contributed by atoms with Gasteiger partial charge in [-0.2, -0.15) is 0 Å². The van der Waals surface area contributed by atoms with Gasteiger partial charge in [0, 0.05) is 36.5 Å². The standard InChI is InChI=1S/C18H19N3O3S2/c1-12-10-13(8-9-19-12)17-16(11-24-2)25-18(21-17)20-14-4-6-15(7-5-14)26(3,22)23/h4-10H,11H2,1-3H3,(H,20,21). The van der Waals surface area contributed by atoms with Gasteiger partial charge in [-0.1, -0.05) is 11.3 Å². The lowest BCUT2D eigenvalue weighted by Crippen LogP contribution is -1.97. The van der Waals surface area contributed by atoms with E-state index >= 15 is 0 Å². The Labute approximate surface area is 156 Å². The van der Waals surface area contributed by atoms with E-state index in [0.29, 0.717) is 11.7 Å². The van der Waals surface area contributed by atoms with Crippen LogP contribution in [0.25, 0.3) is 11.3 Å². The molecular formula is C18H19N3O3S2. The van der Waals surface area contributed by atoms with E-state index in [1.54, 1.807) is 37.6 Å². The van der Waals surface area contributed by atoms with Gasteiger partial charge in [0.05, 0.1) is 22.1 Å². The Bertz CT molecular complexity index is 1010. The molecule has 0 aliphatic carbocycles. The molecule has 0 aliphatic heterocycles. The maximum absolute atomic E-state index is 11.6. The van der Waals surface area contributed by atoms with Gasteiger partial charge in [-0.05, 0) is 43.3 Å². The van der Waals surface area contributed by atoms with Crippen molar-refractivity contribution in [3.05, 3.63) is 53.2 Å². The van der Waals surface area contributed by atoms with Crippen LogP contribution < -0.4 is 5.32 Å². The molecule has 26 heavy (non-hydrogen) atoms. The summed E-state index contributed by atoms with van der Waals surface area (Å²) in [6.07, 6.45) is 2.95. The number of benzene rings is 1. The summed E-state index contributed by atoms with van der Waals surface area (Å²) in [5.74, 6) is 0. The fourth-order valence-electron chi connectivity index (χ4n) is 2.46. The van der Waals surface area contributed by atoms with Gasteiger partial charge in [-0.25, -0.2) is 13.4 Å². The molecule has 0 bridgehead atoms. The number of pyridine rings is 1. The van der Waals surface area contributed by atoms with Crippen molar-refractivity contribution in [2.75, 3.05) is 18.7 Å². The van der Waals surface area contributed by atoms with Crippen molar-refractivity contribution in [2.24, 2.45) is 0 Å². The summed E-state index contributed by atoms with van der Waals surface area (Å²) < 4.78 is 28.4. The van der Waals surface area contributed by atoms with Crippen LogP contribution in [0.15, 0.2) is 47.5 Å². The van der Waals surface area contributed by atoms with E-state index in [1.807, 2.05) is 19.1 Å². The topological polar surface area (TPSA) is 81.2 Å². The number of nitrogens with one attached hydrogen (secondary N) is 1. The normalized spacial score (nSPS) is 11.5. The number of aromatic nitrogens is 2. The predicted octanol–water partition coefficient (Wildman–Crippen LogP) is 3.81. The molecule has 0 radical (unpaired) electrons. The van der Waals surface area contributed by atoms with Gasteiger partial charge in [0.15, 0.2) is 15.0 Å². The van der Waals surface area contributed by atoms with Crippen LogP contribution in [0.4, 0.5) is 10.8 Å². The van der Waals surface area contributed by atoms with Gasteiger partial charge >= 0.3 is 0 Å². The first-order valence-electron chi connectivity index (χ1n) is 7.85. The quantitative estimate of drug-likeness (QED) is 0.690. The van der Waals surface area contributed by atoms with Gasteiger partial charge < -0.3 is 10.1 Å². The van der Waals surface area contributed by atoms with E-state index in [2.05, 4.69) is 15.3 Å². The summed E-state index contributed by atoms with van der Waals surface area (Å²) in [7, 11) is -1.55. The number of ether oxygens (including phenoxy) is 1. The van der Waals surface area contributed by atoms with Crippen molar-refractivity contribution < 1.29 is 13.2 Å². The zero-order valence-electron chi connectivity index (χ0n) is 14.7. The summed E-state index contributed by atoms with van der Waals surface area (Å²) in [5.41, 5.74) is 3.54. The number of sulfone groups is 1. The first-order valence-corrected chi connectivity index (χ1v) is 10.6. The van der Waals surface area contributed by atoms with Gasteiger partial charge in [-0.15, -0.1) is 0 Å². The first kappa shape index (κ1) is 18.5. The van der Waals surface area contributed by atoms with Crippen LogP contribution in [-0.2, 0) is 21.2 Å². The van der Waals surface area contributed by atoms with Gasteiger partial charge in [-0.3, -0.25) is 4.98 Å². The van der Waals surface area contributed by atoms with E-state index in [-0.39, 0.29) is 4.90 Å². The fourth-order valence-corrected chi connectivity index (χ4v) is 4.07. The average molecular weight is 390 g/mol. The molecule has 0 aliphatic rings. The van der Waals surface area contributed by atoms with E-state index < -0.39 is 9.84 Å². The van der Waals surface area contributed by atoms with Gasteiger partial charge in [0.25, 0.3) is 0 Å². The average Bonchev–Trinajstić information content (AvgIpc) is 2.97. The third-order valence-electron chi connectivity index (χ3n) is 3.68. The molecule has 0 atom stereocenters. The zero-order chi connectivity index (χ0) is 18.7.